The smallest absolute Gasteiger partial charge is 0.240 e. The quantitative estimate of drug-likeness (QED) is 0.563. The molecule has 0 unspecified atom stereocenters. The number of carbonyl (C=O) groups is 2. The molecule has 2 heterocycles. The summed E-state index contributed by atoms with van der Waals surface area (Å²) in [5.74, 6) is -0.174. The minimum absolute atomic E-state index is 0. The van der Waals surface area contributed by atoms with Crippen LogP contribution in [0, 0.1) is 0 Å². The average molecular weight is 463 g/mol. The van der Waals surface area contributed by atoms with E-state index in [0.717, 1.165) is 44.1 Å². The molecule has 4 N–H and O–H groups in total. The summed E-state index contributed by atoms with van der Waals surface area (Å²) in [5.41, 5.74) is 6.98. The minimum atomic E-state index is -0.858. The molecule has 2 aliphatic heterocycles. The molecular formula is C20H32Cl2N4O4. The molecule has 1 aromatic carbocycles. The van der Waals surface area contributed by atoms with E-state index in [1.165, 1.54) is 0 Å². The Morgan fingerprint density at radius 2 is 1.73 bits per heavy atom. The topological polar surface area (TPSA) is 106 Å². The Hall–Kier alpha value is -1.42. The Kier molecular flexibility index (Phi) is 11.6. The lowest BCUT2D eigenvalue weighted by molar-refractivity contribution is -0.129. The van der Waals surface area contributed by atoms with E-state index in [2.05, 4.69) is 15.5 Å². The van der Waals surface area contributed by atoms with E-state index < -0.39 is 5.54 Å². The van der Waals surface area contributed by atoms with Gasteiger partial charge in [0.15, 0.2) is 0 Å². The molecular weight excluding hydrogens is 431 g/mol. The zero-order chi connectivity index (χ0) is 19.8. The van der Waals surface area contributed by atoms with Crippen LogP contribution < -0.4 is 16.4 Å². The molecule has 170 valence electrons. The zero-order valence-corrected chi connectivity index (χ0v) is 18.7. The molecule has 0 saturated carbocycles. The highest BCUT2D eigenvalue weighted by atomic mass is 35.5. The van der Waals surface area contributed by atoms with Gasteiger partial charge in [-0.1, -0.05) is 12.1 Å². The number of nitrogens with zero attached hydrogens (tertiary/aromatic N) is 1. The molecule has 3 rings (SSSR count). The van der Waals surface area contributed by atoms with Crippen molar-refractivity contribution in [3.8, 4) is 0 Å². The second kappa shape index (κ2) is 13.1. The molecule has 30 heavy (non-hydrogen) atoms. The fourth-order valence-corrected chi connectivity index (χ4v) is 3.39. The van der Waals surface area contributed by atoms with Crippen LogP contribution >= 0.6 is 24.8 Å². The number of ether oxygens (including phenoxy) is 2. The van der Waals surface area contributed by atoms with Gasteiger partial charge >= 0.3 is 0 Å². The van der Waals surface area contributed by atoms with Crippen molar-refractivity contribution in [2.24, 2.45) is 5.73 Å². The summed E-state index contributed by atoms with van der Waals surface area (Å²) < 4.78 is 10.6. The van der Waals surface area contributed by atoms with E-state index in [0.29, 0.717) is 39.0 Å². The van der Waals surface area contributed by atoms with Crippen molar-refractivity contribution in [3.63, 3.8) is 0 Å². The molecule has 0 radical (unpaired) electrons. The van der Waals surface area contributed by atoms with E-state index in [1.807, 2.05) is 24.3 Å². The number of nitrogens with two attached hydrogens (primary N) is 1. The third-order valence-corrected chi connectivity index (χ3v) is 5.26. The Bertz CT molecular complexity index is 681. The molecule has 0 aliphatic carbocycles. The maximum absolute atomic E-state index is 12.4. The first-order valence-corrected chi connectivity index (χ1v) is 9.89. The van der Waals surface area contributed by atoms with Crippen molar-refractivity contribution in [2.45, 2.75) is 31.3 Å². The van der Waals surface area contributed by atoms with Crippen molar-refractivity contribution >= 4 is 42.3 Å². The van der Waals surface area contributed by atoms with Crippen LogP contribution in [-0.4, -0.2) is 68.3 Å². The predicted octanol–water partition coefficient (Wildman–Crippen LogP) is 1.32. The number of morpholine rings is 1. The number of rotatable bonds is 7. The predicted molar refractivity (Wildman–Crippen MR) is 120 cm³/mol. The Labute approximate surface area is 190 Å². The molecule has 8 nitrogen and oxygen atoms in total. The third kappa shape index (κ3) is 8.02. The van der Waals surface area contributed by atoms with Crippen molar-refractivity contribution in [2.75, 3.05) is 51.4 Å². The van der Waals surface area contributed by atoms with Gasteiger partial charge in [-0.05, 0) is 30.5 Å². The summed E-state index contributed by atoms with van der Waals surface area (Å²) in [6.07, 6.45) is 1.49. The van der Waals surface area contributed by atoms with Crippen molar-refractivity contribution in [1.82, 2.24) is 10.2 Å². The lowest BCUT2D eigenvalue weighted by Crippen LogP contribution is -2.56. The van der Waals surface area contributed by atoms with E-state index >= 15 is 0 Å². The fourth-order valence-electron chi connectivity index (χ4n) is 3.39. The third-order valence-electron chi connectivity index (χ3n) is 5.26. The normalized spacial score (nSPS) is 18.4. The van der Waals surface area contributed by atoms with Crippen LogP contribution in [0.1, 0.15) is 24.8 Å². The average Bonchev–Trinajstić information content (AvgIpc) is 2.72. The van der Waals surface area contributed by atoms with Gasteiger partial charge in [-0.25, -0.2) is 0 Å². The molecule has 2 aliphatic rings. The molecule has 2 fully saturated rings. The van der Waals surface area contributed by atoms with Gasteiger partial charge in [0.25, 0.3) is 0 Å². The van der Waals surface area contributed by atoms with Crippen LogP contribution in [0.5, 0.6) is 0 Å². The summed E-state index contributed by atoms with van der Waals surface area (Å²) in [6, 6.07) is 7.50. The van der Waals surface area contributed by atoms with Crippen LogP contribution in [0.2, 0.25) is 0 Å². The monoisotopic (exact) mass is 462 g/mol. The van der Waals surface area contributed by atoms with Crippen LogP contribution in [-0.2, 0) is 25.6 Å². The number of hydrogen-bond donors (Lipinski definition) is 3. The molecule has 1 aromatic rings. The highest BCUT2D eigenvalue weighted by molar-refractivity contribution is 5.91. The van der Waals surface area contributed by atoms with Gasteiger partial charge < -0.3 is 25.8 Å². The first kappa shape index (κ1) is 26.6. The maximum atomic E-state index is 12.4. The zero-order valence-electron chi connectivity index (χ0n) is 17.1. The highest BCUT2D eigenvalue weighted by Crippen LogP contribution is 2.18. The number of anilines is 1. The van der Waals surface area contributed by atoms with Gasteiger partial charge in [-0.3, -0.25) is 14.5 Å². The molecule has 0 spiro atoms. The lowest BCUT2D eigenvalue weighted by atomic mass is 9.90. The second-order valence-electron chi connectivity index (χ2n) is 7.40. The van der Waals surface area contributed by atoms with Crippen LogP contribution in [0.25, 0.3) is 0 Å². The molecule has 2 amide bonds. The summed E-state index contributed by atoms with van der Waals surface area (Å²) in [4.78, 5) is 26.9. The lowest BCUT2D eigenvalue weighted by Gasteiger charge is -2.31. The highest BCUT2D eigenvalue weighted by Gasteiger charge is 2.35. The molecule has 0 aromatic heterocycles. The van der Waals surface area contributed by atoms with Gasteiger partial charge in [0, 0.05) is 51.5 Å². The largest absolute Gasteiger partial charge is 0.381 e. The standard InChI is InChI=1S/C20H30N4O4.2ClH/c21-20(5-10-27-11-6-20)19(26)22-15-16-2-1-3-17(14-16)23-18(25)4-7-24-8-12-28-13-9-24;;/h1-3,14H,4-13,15,21H2,(H,22,26)(H,23,25);2*1H. The van der Waals surface area contributed by atoms with Gasteiger partial charge in [0.1, 0.15) is 0 Å². The van der Waals surface area contributed by atoms with E-state index in [9.17, 15) is 9.59 Å². The number of benzene rings is 1. The Morgan fingerprint density at radius 3 is 2.43 bits per heavy atom. The van der Waals surface area contributed by atoms with Gasteiger partial charge in [-0.2, -0.15) is 0 Å². The van der Waals surface area contributed by atoms with Gasteiger partial charge in [0.2, 0.25) is 11.8 Å². The van der Waals surface area contributed by atoms with Crippen LogP contribution in [0.15, 0.2) is 24.3 Å². The summed E-state index contributed by atoms with van der Waals surface area (Å²) in [5, 5.41) is 5.84. The Morgan fingerprint density at radius 1 is 1.07 bits per heavy atom. The summed E-state index contributed by atoms with van der Waals surface area (Å²) in [7, 11) is 0. The first-order chi connectivity index (χ1) is 13.5. The molecule has 0 atom stereocenters. The summed E-state index contributed by atoms with van der Waals surface area (Å²) in [6.45, 7) is 5.32. The molecule has 2 saturated heterocycles. The number of carbonyl (C=O) groups excluding carboxylic acids is 2. The van der Waals surface area contributed by atoms with Crippen molar-refractivity contribution in [1.29, 1.82) is 0 Å². The van der Waals surface area contributed by atoms with Crippen LogP contribution in [0.4, 0.5) is 5.69 Å². The van der Waals surface area contributed by atoms with Gasteiger partial charge in [-0.15, -0.1) is 24.8 Å². The number of halogens is 2. The summed E-state index contributed by atoms with van der Waals surface area (Å²) >= 11 is 0. The van der Waals surface area contributed by atoms with E-state index in [4.69, 9.17) is 15.2 Å². The molecule has 10 heteroatoms. The number of nitrogens with one attached hydrogen (secondary N) is 2. The van der Waals surface area contributed by atoms with Crippen molar-refractivity contribution in [3.05, 3.63) is 29.8 Å². The fraction of sp³-hybridized carbons (Fsp3) is 0.600. The Balaban J connectivity index is 0.00000225. The second-order valence-corrected chi connectivity index (χ2v) is 7.40. The maximum Gasteiger partial charge on any atom is 0.240 e. The first-order valence-electron chi connectivity index (χ1n) is 9.89. The minimum Gasteiger partial charge on any atom is -0.381 e. The van der Waals surface area contributed by atoms with Crippen LogP contribution in [0.3, 0.4) is 0 Å². The van der Waals surface area contributed by atoms with E-state index in [1.54, 1.807) is 0 Å². The van der Waals surface area contributed by atoms with Crippen molar-refractivity contribution < 1.29 is 19.1 Å². The number of hydrogen-bond acceptors (Lipinski definition) is 6. The SMILES string of the molecule is Cl.Cl.NC1(C(=O)NCc2cccc(NC(=O)CCN3CCOCC3)c2)CCOCC1. The number of amides is 2. The molecule has 0 bridgehead atoms. The van der Waals surface area contributed by atoms with E-state index in [-0.39, 0.29) is 36.6 Å². The van der Waals surface area contributed by atoms with Gasteiger partial charge in [0.05, 0.1) is 18.8 Å².